The molecule has 0 radical (unpaired) electrons. The minimum Gasteiger partial charge on any atom is -0.494 e. The molecule has 7 nitrogen and oxygen atoms in total. The Morgan fingerprint density at radius 3 is 2.09 bits per heavy atom. The minimum atomic E-state index is -3.78. The predicted octanol–water partition coefficient (Wildman–Crippen LogP) is 3.72. The van der Waals surface area contributed by atoms with Crippen LogP contribution in [0.5, 0.6) is 11.5 Å². The van der Waals surface area contributed by atoms with Crippen LogP contribution in [0.25, 0.3) is 0 Å². The van der Waals surface area contributed by atoms with Crippen LogP contribution in [0.2, 0.25) is 0 Å². The van der Waals surface area contributed by atoms with Gasteiger partial charge in [-0.05, 0) is 73.2 Å². The van der Waals surface area contributed by atoms with E-state index in [1.807, 2.05) is 6.92 Å². The average molecular weight is 459 g/mol. The molecule has 3 rings (SSSR count). The standard InChI is InChI=1S/C23H23FN2O5S/c1-2-30-20-9-7-19(8-10-20)26-32(28,29)22-13-11-21(12-14-22)31-16-23(27)25-15-17-3-5-18(24)6-4-17/h3-14,26H,2,15-16H2,1H3,(H,25,27). The van der Waals surface area contributed by atoms with Crippen molar-refractivity contribution in [3.05, 3.63) is 84.2 Å². The Morgan fingerprint density at radius 1 is 0.875 bits per heavy atom. The maximum Gasteiger partial charge on any atom is 0.261 e. The first-order chi connectivity index (χ1) is 15.4. The van der Waals surface area contributed by atoms with Crippen molar-refractivity contribution in [3.63, 3.8) is 0 Å². The van der Waals surface area contributed by atoms with Crippen LogP contribution in [0.15, 0.2) is 77.7 Å². The maximum absolute atomic E-state index is 12.9. The first-order valence-electron chi connectivity index (χ1n) is 9.85. The molecule has 0 saturated carbocycles. The lowest BCUT2D eigenvalue weighted by atomic mass is 10.2. The van der Waals surface area contributed by atoms with E-state index in [1.54, 1.807) is 36.4 Å². The molecule has 1 amide bonds. The summed E-state index contributed by atoms with van der Waals surface area (Å²) < 4.78 is 51.2. The number of nitrogens with one attached hydrogen (secondary N) is 2. The zero-order chi connectivity index (χ0) is 23.0. The molecule has 0 aliphatic carbocycles. The van der Waals surface area contributed by atoms with Crippen LogP contribution >= 0.6 is 0 Å². The molecule has 168 valence electrons. The Bertz CT molecular complexity index is 1130. The molecule has 0 aromatic heterocycles. The molecule has 0 saturated heterocycles. The van der Waals surface area contributed by atoms with Crippen molar-refractivity contribution in [1.29, 1.82) is 0 Å². The monoisotopic (exact) mass is 458 g/mol. The predicted molar refractivity (Wildman–Crippen MR) is 119 cm³/mol. The summed E-state index contributed by atoms with van der Waals surface area (Å²) in [5.74, 6) is 0.298. The zero-order valence-electron chi connectivity index (χ0n) is 17.4. The second kappa shape index (κ2) is 10.6. The Morgan fingerprint density at radius 2 is 1.47 bits per heavy atom. The SMILES string of the molecule is CCOc1ccc(NS(=O)(=O)c2ccc(OCC(=O)NCc3ccc(F)cc3)cc2)cc1. The number of anilines is 1. The van der Waals surface area contributed by atoms with Crippen molar-refractivity contribution < 1.29 is 27.1 Å². The van der Waals surface area contributed by atoms with Gasteiger partial charge in [0.05, 0.1) is 11.5 Å². The van der Waals surface area contributed by atoms with E-state index in [4.69, 9.17) is 9.47 Å². The van der Waals surface area contributed by atoms with Gasteiger partial charge in [-0.1, -0.05) is 12.1 Å². The van der Waals surface area contributed by atoms with Gasteiger partial charge in [-0.2, -0.15) is 0 Å². The molecule has 0 atom stereocenters. The molecule has 0 fully saturated rings. The third kappa shape index (κ3) is 6.71. The lowest BCUT2D eigenvalue weighted by molar-refractivity contribution is -0.123. The van der Waals surface area contributed by atoms with Crippen LogP contribution in [0, 0.1) is 5.82 Å². The van der Waals surface area contributed by atoms with Crippen LogP contribution in [0.1, 0.15) is 12.5 Å². The number of amides is 1. The first kappa shape index (κ1) is 23.1. The van der Waals surface area contributed by atoms with Crippen molar-refractivity contribution in [3.8, 4) is 11.5 Å². The topological polar surface area (TPSA) is 93.7 Å². The van der Waals surface area contributed by atoms with E-state index in [2.05, 4.69) is 10.0 Å². The highest BCUT2D eigenvalue weighted by Gasteiger charge is 2.14. The van der Waals surface area contributed by atoms with Gasteiger partial charge in [0.25, 0.3) is 15.9 Å². The molecule has 0 heterocycles. The number of carbonyl (C=O) groups is 1. The second-order valence-corrected chi connectivity index (χ2v) is 8.41. The van der Waals surface area contributed by atoms with Gasteiger partial charge >= 0.3 is 0 Å². The van der Waals surface area contributed by atoms with Gasteiger partial charge in [0.1, 0.15) is 17.3 Å². The van der Waals surface area contributed by atoms with E-state index >= 15 is 0 Å². The second-order valence-electron chi connectivity index (χ2n) is 6.73. The number of halogens is 1. The molecule has 3 aromatic carbocycles. The van der Waals surface area contributed by atoms with Gasteiger partial charge in [0.15, 0.2) is 6.61 Å². The van der Waals surface area contributed by atoms with E-state index in [0.29, 0.717) is 23.8 Å². The number of rotatable bonds is 10. The summed E-state index contributed by atoms with van der Waals surface area (Å²) in [6.07, 6.45) is 0. The Kier molecular flexibility index (Phi) is 7.67. The third-order valence-electron chi connectivity index (χ3n) is 4.32. The van der Waals surface area contributed by atoms with Crippen LogP contribution in [-0.4, -0.2) is 27.5 Å². The number of hydrogen-bond donors (Lipinski definition) is 2. The fourth-order valence-electron chi connectivity index (χ4n) is 2.72. The molecule has 9 heteroatoms. The average Bonchev–Trinajstić information content (AvgIpc) is 2.79. The van der Waals surface area contributed by atoms with Crippen LogP contribution < -0.4 is 19.5 Å². The van der Waals surface area contributed by atoms with Crippen molar-refractivity contribution in [2.45, 2.75) is 18.4 Å². The molecule has 0 spiro atoms. The fourth-order valence-corrected chi connectivity index (χ4v) is 3.78. The van der Waals surface area contributed by atoms with Crippen molar-refractivity contribution >= 4 is 21.6 Å². The Hall–Kier alpha value is -3.59. The number of sulfonamides is 1. The molecule has 0 aliphatic heterocycles. The summed E-state index contributed by atoms with van der Waals surface area (Å²) >= 11 is 0. The van der Waals surface area contributed by atoms with E-state index in [0.717, 1.165) is 5.56 Å². The van der Waals surface area contributed by atoms with Gasteiger partial charge in [-0.3, -0.25) is 9.52 Å². The van der Waals surface area contributed by atoms with E-state index < -0.39 is 10.0 Å². The van der Waals surface area contributed by atoms with E-state index in [9.17, 15) is 17.6 Å². The van der Waals surface area contributed by atoms with Gasteiger partial charge in [0, 0.05) is 12.2 Å². The van der Waals surface area contributed by atoms with Crippen molar-refractivity contribution in [2.24, 2.45) is 0 Å². The van der Waals surface area contributed by atoms with Crippen LogP contribution in [0.4, 0.5) is 10.1 Å². The Balaban J connectivity index is 1.51. The van der Waals surface area contributed by atoms with Crippen molar-refractivity contribution in [1.82, 2.24) is 5.32 Å². The largest absolute Gasteiger partial charge is 0.494 e. The molecular weight excluding hydrogens is 435 g/mol. The van der Waals surface area contributed by atoms with Gasteiger partial charge in [-0.15, -0.1) is 0 Å². The summed E-state index contributed by atoms with van der Waals surface area (Å²) in [4.78, 5) is 12.0. The van der Waals surface area contributed by atoms with Crippen LogP contribution in [0.3, 0.4) is 0 Å². The summed E-state index contributed by atoms with van der Waals surface area (Å²) in [6, 6.07) is 18.1. The molecule has 0 aliphatic rings. The first-order valence-corrected chi connectivity index (χ1v) is 11.3. The molecule has 2 N–H and O–H groups in total. The third-order valence-corrected chi connectivity index (χ3v) is 5.72. The molecule has 0 bridgehead atoms. The van der Waals surface area contributed by atoms with Gasteiger partial charge in [-0.25, -0.2) is 12.8 Å². The lowest BCUT2D eigenvalue weighted by Crippen LogP contribution is -2.28. The van der Waals surface area contributed by atoms with Gasteiger partial charge in [0.2, 0.25) is 0 Å². The lowest BCUT2D eigenvalue weighted by Gasteiger charge is -2.11. The zero-order valence-corrected chi connectivity index (χ0v) is 18.2. The molecule has 3 aromatic rings. The fraction of sp³-hybridized carbons (Fsp3) is 0.174. The van der Waals surface area contributed by atoms with E-state index in [-0.39, 0.29) is 29.8 Å². The highest BCUT2D eigenvalue weighted by molar-refractivity contribution is 7.92. The quantitative estimate of drug-likeness (QED) is 0.483. The highest BCUT2D eigenvalue weighted by Crippen LogP contribution is 2.21. The molecule has 32 heavy (non-hydrogen) atoms. The summed E-state index contributed by atoms with van der Waals surface area (Å²) in [5, 5.41) is 2.66. The Labute approximate surface area is 186 Å². The van der Waals surface area contributed by atoms with Crippen molar-refractivity contribution in [2.75, 3.05) is 17.9 Å². The maximum atomic E-state index is 12.9. The summed E-state index contributed by atoms with van der Waals surface area (Å²) in [7, 11) is -3.78. The number of carbonyl (C=O) groups excluding carboxylic acids is 1. The number of hydrogen-bond acceptors (Lipinski definition) is 5. The minimum absolute atomic E-state index is 0.0551. The normalized spacial score (nSPS) is 10.9. The highest BCUT2D eigenvalue weighted by atomic mass is 32.2. The molecule has 0 unspecified atom stereocenters. The van der Waals surface area contributed by atoms with Gasteiger partial charge < -0.3 is 14.8 Å². The number of benzene rings is 3. The molecular formula is C23H23FN2O5S. The van der Waals surface area contributed by atoms with Crippen LogP contribution in [-0.2, 0) is 21.4 Å². The summed E-state index contributed by atoms with van der Waals surface area (Å²) in [5.41, 5.74) is 1.17. The smallest absolute Gasteiger partial charge is 0.261 e. The number of ether oxygens (including phenoxy) is 2. The summed E-state index contributed by atoms with van der Waals surface area (Å²) in [6.45, 7) is 2.40. The van der Waals surface area contributed by atoms with E-state index in [1.165, 1.54) is 36.4 Å².